The molecule has 0 saturated heterocycles. The number of hydrogen-bond donors (Lipinski definition) is 1. The summed E-state index contributed by atoms with van der Waals surface area (Å²) >= 11 is 0. The van der Waals surface area contributed by atoms with Crippen LogP contribution in [0.2, 0.25) is 0 Å². The molecule has 0 amide bonds. The van der Waals surface area contributed by atoms with Crippen molar-refractivity contribution in [2.45, 2.75) is 26.8 Å². The summed E-state index contributed by atoms with van der Waals surface area (Å²) in [6.45, 7) is 6.17. The number of aromatic nitrogens is 1. The van der Waals surface area contributed by atoms with Crippen molar-refractivity contribution in [1.82, 2.24) is 4.57 Å². The molecule has 1 aromatic heterocycles. The van der Waals surface area contributed by atoms with E-state index in [9.17, 15) is 0 Å². The van der Waals surface area contributed by atoms with Crippen LogP contribution in [0, 0.1) is 5.92 Å². The minimum absolute atomic E-state index is 0.623. The van der Waals surface area contributed by atoms with Gasteiger partial charge in [-0.2, -0.15) is 0 Å². The molecule has 2 N–H and O–H groups in total. The molecule has 0 unspecified atom stereocenters. The summed E-state index contributed by atoms with van der Waals surface area (Å²) in [5, 5.41) is 1.29. The van der Waals surface area contributed by atoms with E-state index in [-0.39, 0.29) is 0 Å². The lowest BCUT2D eigenvalue weighted by Crippen LogP contribution is -2.04. The molecule has 0 radical (unpaired) electrons. The molecule has 98 valence electrons. The number of benzene rings is 1. The molecule has 1 aromatic carbocycles. The van der Waals surface area contributed by atoms with Crippen LogP contribution in [0.4, 0.5) is 0 Å². The molecule has 18 heavy (non-hydrogen) atoms. The number of nitrogens with two attached hydrogens (primary N) is 1. The second-order valence-corrected chi connectivity index (χ2v) is 5.12. The molecule has 0 saturated carbocycles. The molecule has 0 aliphatic carbocycles. The zero-order valence-electron chi connectivity index (χ0n) is 11.4. The van der Waals surface area contributed by atoms with E-state index in [1.165, 1.54) is 16.5 Å². The first-order valence-corrected chi connectivity index (χ1v) is 6.51. The van der Waals surface area contributed by atoms with Crippen LogP contribution in [0.5, 0.6) is 5.75 Å². The molecule has 2 rings (SSSR count). The normalized spacial score (nSPS) is 11.4. The Balaban J connectivity index is 2.53. The Kier molecular flexibility index (Phi) is 3.92. The minimum atomic E-state index is 0.623. The Morgan fingerprint density at radius 2 is 2.11 bits per heavy atom. The van der Waals surface area contributed by atoms with Gasteiger partial charge in [0.05, 0.1) is 12.6 Å². The maximum atomic E-state index is 5.68. The summed E-state index contributed by atoms with van der Waals surface area (Å²) < 4.78 is 7.63. The molecule has 0 spiro atoms. The summed E-state index contributed by atoms with van der Waals surface area (Å²) in [4.78, 5) is 0. The fraction of sp³-hybridized carbons (Fsp3) is 0.467. The van der Waals surface area contributed by atoms with Gasteiger partial charge in [-0.1, -0.05) is 13.8 Å². The SMILES string of the molecule is COc1ccc2c(CCN)cn(CC(C)C)c2c1. The van der Waals surface area contributed by atoms with Crippen molar-refractivity contribution < 1.29 is 4.74 Å². The van der Waals surface area contributed by atoms with Crippen molar-refractivity contribution in [1.29, 1.82) is 0 Å². The van der Waals surface area contributed by atoms with E-state index >= 15 is 0 Å². The quantitative estimate of drug-likeness (QED) is 0.881. The van der Waals surface area contributed by atoms with Crippen molar-refractivity contribution in [3.8, 4) is 5.75 Å². The largest absolute Gasteiger partial charge is 0.497 e. The van der Waals surface area contributed by atoms with E-state index in [2.05, 4.69) is 36.7 Å². The summed E-state index contributed by atoms with van der Waals surface area (Å²) in [5.41, 5.74) is 8.26. The molecule has 3 nitrogen and oxygen atoms in total. The highest BCUT2D eigenvalue weighted by atomic mass is 16.5. The number of methoxy groups -OCH3 is 1. The number of fused-ring (bicyclic) bond motifs is 1. The fourth-order valence-corrected chi connectivity index (χ4v) is 2.37. The summed E-state index contributed by atoms with van der Waals surface area (Å²) in [5.74, 6) is 1.53. The smallest absolute Gasteiger partial charge is 0.120 e. The zero-order valence-corrected chi connectivity index (χ0v) is 11.4. The summed E-state index contributed by atoms with van der Waals surface area (Å²) in [6, 6.07) is 6.26. The standard InChI is InChI=1S/C15H22N2O/c1-11(2)9-17-10-12(6-7-16)14-5-4-13(18-3)8-15(14)17/h4-5,8,10-11H,6-7,9,16H2,1-3H3. The topological polar surface area (TPSA) is 40.2 Å². The average Bonchev–Trinajstić information content (AvgIpc) is 2.67. The highest BCUT2D eigenvalue weighted by Gasteiger charge is 2.10. The second kappa shape index (κ2) is 5.44. The predicted octanol–water partition coefficient (Wildman–Crippen LogP) is 2.81. The number of hydrogen-bond acceptors (Lipinski definition) is 2. The van der Waals surface area contributed by atoms with E-state index in [0.717, 1.165) is 18.7 Å². The Morgan fingerprint density at radius 3 is 2.72 bits per heavy atom. The van der Waals surface area contributed by atoms with E-state index in [4.69, 9.17) is 10.5 Å². The number of ether oxygens (including phenoxy) is 1. The molecule has 0 atom stereocenters. The van der Waals surface area contributed by atoms with E-state index in [0.29, 0.717) is 12.5 Å². The first-order valence-electron chi connectivity index (χ1n) is 6.51. The number of nitrogens with zero attached hydrogens (tertiary/aromatic N) is 1. The predicted molar refractivity (Wildman–Crippen MR) is 76.1 cm³/mol. The van der Waals surface area contributed by atoms with Gasteiger partial charge in [0.25, 0.3) is 0 Å². The van der Waals surface area contributed by atoms with Gasteiger partial charge in [-0.3, -0.25) is 0 Å². The van der Waals surface area contributed by atoms with E-state index in [1.807, 2.05) is 6.07 Å². The van der Waals surface area contributed by atoms with Crippen LogP contribution in [0.1, 0.15) is 19.4 Å². The molecular formula is C15H22N2O. The van der Waals surface area contributed by atoms with Gasteiger partial charge in [0.15, 0.2) is 0 Å². The Labute approximate surface area is 109 Å². The van der Waals surface area contributed by atoms with Gasteiger partial charge in [-0.05, 0) is 36.6 Å². The third-order valence-corrected chi connectivity index (χ3v) is 3.15. The maximum absolute atomic E-state index is 5.68. The van der Waals surface area contributed by atoms with Gasteiger partial charge >= 0.3 is 0 Å². The lowest BCUT2D eigenvalue weighted by molar-refractivity contribution is 0.415. The van der Waals surface area contributed by atoms with E-state index < -0.39 is 0 Å². The van der Waals surface area contributed by atoms with Gasteiger partial charge < -0.3 is 15.0 Å². The molecule has 0 aliphatic heterocycles. The average molecular weight is 246 g/mol. The van der Waals surface area contributed by atoms with Crippen molar-refractivity contribution in [2.75, 3.05) is 13.7 Å². The summed E-state index contributed by atoms with van der Waals surface area (Å²) in [6.07, 6.45) is 3.16. The first kappa shape index (κ1) is 13.0. The van der Waals surface area contributed by atoms with Gasteiger partial charge in [0.2, 0.25) is 0 Å². The second-order valence-electron chi connectivity index (χ2n) is 5.12. The van der Waals surface area contributed by atoms with Crippen molar-refractivity contribution in [3.05, 3.63) is 30.0 Å². The van der Waals surface area contributed by atoms with Crippen molar-refractivity contribution in [2.24, 2.45) is 11.7 Å². The Morgan fingerprint density at radius 1 is 1.33 bits per heavy atom. The lowest BCUT2D eigenvalue weighted by atomic mass is 10.1. The lowest BCUT2D eigenvalue weighted by Gasteiger charge is -2.08. The third kappa shape index (κ3) is 2.51. The van der Waals surface area contributed by atoms with Gasteiger partial charge in [0, 0.05) is 24.2 Å². The van der Waals surface area contributed by atoms with Crippen LogP contribution in [-0.2, 0) is 13.0 Å². The number of rotatable bonds is 5. The van der Waals surface area contributed by atoms with Gasteiger partial charge in [-0.15, -0.1) is 0 Å². The first-order chi connectivity index (χ1) is 8.65. The summed E-state index contributed by atoms with van der Waals surface area (Å²) in [7, 11) is 1.71. The molecule has 2 aromatic rings. The highest BCUT2D eigenvalue weighted by molar-refractivity contribution is 5.85. The van der Waals surface area contributed by atoms with Crippen LogP contribution >= 0.6 is 0 Å². The molecule has 0 fully saturated rings. The van der Waals surface area contributed by atoms with Crippen LogP contribution < -0.4 is 10.5 Å². The molecule has 0 bridgehead atoms. The Hall–Kier alpha value is -1.48. The minimum Gasteiger partial charge on any atom is -0.497 e. The molecule has 1 heterocycles. The molecule has 3 heteroatoms. The Bertz CT molecular complexity index is 529. The van der Waals surface area contributed by atoms with E-state index in [1.54, 1.807) is 7.11 Å². The monoisotopic (exact) mass is 246 g/mol. The third-order valence-electron chi connectivity index (χ3n) is 3.15. The van der Waals surface area contributed by atoms with Gasteiger partial charge in [-0.25, -0.2) is 0 Å². The van der Waals surface area contributed by atoms with Gasteiger partial charge in [0.1, 0.15) is 5.75 Å². The van der Waals surface area contributed by atoms with Crippen LogP contribution in [0.3, 0.4) is 0 Å². The van der Waals surface area contributed by atoms with Crippen molar-refractivity contribution >= 4 is 10.9 Å². The highest BCUT2D eigenvalue weighted by Crippen LogP contribution is 2.26. The fourth-order valence-electron chi connectivity index (χ4n) is 2.37. The van der Waals surface area contributed by atoms with Crippen molar-refractivity contribution in [3.63, 3.8) is 0 Å². The molecule has 0 aliphatic rings. The van der Waals surface area contributed by atoms with Crippen LogP contribution in [-0.4, -0.2) is 18.2 Å². The maximum Gasteiger partial charge on any atom is 0.120 e. The van der Waals surface area contributed by atoms with Crippen LogP contribution in [0.25, 0.3) is 10.9 Å². The zero-order chi connectivity index (χ0) is 13.1. The van der Waals surface area contributed by atoms with Crippen LogP contribution in [0.15, 0.2) is 24.4 Å². The molecular weight excluding hydrogens is 224 g/mol.